The molecule has 0 aliphatic carbocycles. The molecule has 0 bridgehead atoms. The summed E-state index contributed by atoms with van der Waals surface area (Å²) in [6.07, 6.45) is 1.58. The molecule has 3 rings (SSSR count). The van der Waals surface area contributed by atoms with E-state index in [1.165, 1.54) is 6.92 Å². The lowest BCUT2D eigenvalue weighted by atomic mass is 10.1. The highest BCUT2D eigenvalue weighted by molar-refractivity contribution is 5.96. The third-order valence-electron chi connectivity index (χ3n) is 4.57. The number of hydrogen-bond donors (Lipinski definition) is 1. The Morgan fingerprint density at radius 2 is 1.92 bits per heavy atom. The van der Waals surface area contributed by atoms with Crippen molar-refractivity contribution in [3.05, 3.63) is 47.9 Å². The molecule has 0 spiro atoms. The zero-order chi connectivity index (χ0) is 18.7. The largest absolute Gasteiger partial charge is 0.353 e. The van der Waals surface area contributed by atoms with Crippen molar-refractivity contribution < 1.29 is 9.59 Å². The van der Waals surface area contributed by atoms with Gasteiger partial charge in [0.1, 0.15) is 12.1 Å². The smallest absolute Gasteiger partial charge is 0.238 e. The van der Waals surface area contributed by atoms with Gasteiger partial charge in [-0.1, -0.05) is 0 Å². The van der Waals surface area contributed by atoms with Gasteiger partial charge in [0, 0.05) is 42.1 Å². The van der Waals surface area contributed by atoms with E-state index in [1.54, 1.807) is 30.6 Å². The third-order valence-corrected chi connectivity index (χ3v) is 4.57. The summed E-state index contributed by atoms with van der Waals surface area (Å²) in [5, 5.41) is 2.87. The van der Waals surface area contributed by atoms with Gasteiger partial charge in [0.25, 0.3) is 0 Å². The molecule has 26 heavy (non-hydrogen) atoms. The number of likely N-dealkylation sites (N-methyl/N-ethyl adjacent to an activating group) is 1. The highest BCUT2D eigenvalue weighted by atomic mass is 16.2. The fourth-order valence-electron chi connectivity index (χ4n) is 2.88. The van der Waals surface area contributed by atoms with Crippen LogP contribution in [0.4, 0.5) is 11.5 Å². The van der Waals surface area contributed by atoms with Crippen molar-refractivity contribution in [2.24, 2.45) is 0 Å². The summed E-state index contributed by atoms with van der Waals surface area (Å²) >= 11 is 0. The molecule has 0 radical (unpaired) electrons. The summed E-state index contributed by atoms with van der Waals surface area (Å²) in [7, 11) is 1.95. The van der Waals surface area contributed by atoms with Crippen LogP contribution in [0.3, 0.4) is 0 Å². The van der Waals surface area contributed by atoms with Crippen LogP contribution in [0.25, 0.3) is 0 Å². The first-order chi connectivity index (χ1) is 12.4. The summed E-state index contributed by atoms with van der Waals surface area (Å²) in [4.78, 5) is 36.1. The van der Waals surface area contributed by atoms with E-state index in [0.717, 1.165) is 24.6 Å². The molecule has 1 amide bonds. The van der Waals surface area contributed by atoms with Gasteiger partial charge in [-0.2, -0.15) is 0 Å². The second-order valence-electron chi connectivity index (χ2n) is 6.67. The molecule has 1 aromatic heterocycles. The Hall–Kier alpha value is -2.80. The Morgan fingerprint density at radius 1 is 1.23 bits per heavy atom. The summed E-state index contributed by atoms with van der Waals surface area (Å²) in [6.45, 7) is 5.46. The van der Waals surface area contributed by atoms with Gasteiger partial charge in [0.05, 0.1) is 6.54 Å². The van der Waals surface area contributed by atoms with Gasteiger partial charge >= 0.3 is 0 Å². The first-order valence-corrected chi connectivity index (χ1v) is 8.57. The second-order valence-corrected chi connectivity index (χ2v) is 6.67. The predicted molar refractivity (Wildman–Crippen MR) is 100 cm³/mol. The van der Waals surface area contributed by atoms with Crippen LogP contribution in [0, 0.1) is 6.92 Å². The zero-order valence-corrected chi connectivity index (χ0v) is 15.3. The number of hydrogen-bond acceptors (Lipinski definition) is 6. The molecule has 1 saturated heterocycles. The molecular weight excluding hydrogens is 330 g/mol. The summed E-state index contributed by atoms with van der Waals surface area (Å²) in [6, 6.07) is 9.21. The van der Waals surface area contributed by atoms with E-state index in [-0.39, 0.29) is 11.7 Å². The quantitative estimate of drug-likeness (QED) is 0.797. The molecule has 1 aliphatic heterocycles. The van der Waals surface area contributed by atoms with Crippen LogP contribution < -0.4 is 10.2 Å². The van der Waals surface area contributed by atoms with Crippen LogP contribution in [0.15, 0.2) is 36.7 Å². The second kappa shape index (κ2) is 7.61. The Labute approximate surface area is 153 Å². The molecule has 1 aromatic carbocycles. The highest BCUT2D eigenvalue weighted by Crippen LogP contribution is 2.21. The number of rotatable bonds is 6. The van der Waals surface area contributed by atoms with Crippen molar-refractivity contribution in [3.63, 3.8) is 0 Å². The van der Waals surface area contributed by atoms with E-state index < -0.39 is 0 Å². The molecule has 1 aliphatic rings. The minimum absolute atomic E-state index is 0.0102. The van der Waals surface area contributed by atoms with E-state index in [1.807, 2.05) is 24.9 Å². The number of ketones is 1. The maximum Gasteiger partial charge on any atom is 0.238 e. The van der Waals surface area contributed by atoms with Gasteiger partial charge in [0.2, 0.25) is 5.91 Å². The van der Waals surface area contributed by atoms with Crippen molar-refractivity contribution in [2.75, 3.05) is 36.9 Å². The van der Waals surface area contributed by atoms with Crippen molar-refractivity contribution in [3.8, 4) is 0 Å². The average Bonchev–Trinajstić information content (AvgIpc) is 2.53. The van der Waals surface area contributed by atoms with E-state index in [0.29, 0.717) is 23.8 Å². The standard InChI is InChI=1S/C19H23N5O2/c1-13-8-18(21-12-20-13)24-9-17(10-24)23(3)11-19(26)22-16-6-4-15(5-7-16)14(2)25/h4-8,12,17H,9-11H2,1-3H3,(H,22,26). The molecular formula is C19H23N5O2. The lowest BCUT2D eigenvalue weighted by Gasteiger charge is -2.44. The lowest BCUT2D eigenvalue weighted by molar-refractivity contribution is -0.117. The highest BCUT2D eigenvalue weighted by Gasteiger charge is 2.31. The fraction of sp³-hybridized carbons (Fsp3) is 0.368. The van der Waals surface area contributed by atoms with E-state index >= 15 is 0 Å². The molecule has 0 unspecified atom stereocenters. The van der Waals surface area contributed by atoms with Gasteiger partial charge < -0.3 is 10.2 Å². The number of nitrogens with one attached hydrogen (secondary N) is 1. The summed E-state index contributed by atoms with van der Waals surface area (Å²) < 4.78 is 0. The number of carbonyl (C=O) groups excluding carboxylic acids is 2. The minimum atomic E-state index is -0.0700. The van der Waals surface area contributed by atoms with E-state index in [9.17, 15) is 9.59 Å². The molecule has 7 nitrogen and oxygen atoms in total. The van der Waals surface area contributed by atoms with Crippen molar-refractivity contribution in [2.45, 2.75) is 19.9 Å². The van der Waals surface area contributed by atoms with Gasteiger partial charge in [-0.05, 0) is 45.2 Å². The first kappa shape index (κ1) is 18.0. The number of aryl methyl sites for hydroxylation is 1. The molecule has 7 heteroatoms. The van der Waals surface area contributed by atoms with Crippen LogP contribution >= 0.6 is 0 Å². The minimum Gasteiger partial charge on any atom is -0.353 e. The topological polar surface area (TPSA) is 78.4 Å². The number of benzene rings is 1. The first-order valence-electron chi connectivity index (χ1n) is 8.57. The molecule has 0 saturated carbocycles. The van der Waals surface area contributed by atoms with Crippen LogP contribution in [0.5, 0.6) is 0 Å². The van der Waals surface area contributed by atoms with Crippen LogP contribution in [-0.4, -0.2) is 59.3 Å². The van der Waals surface area contributed by atoms with Crippen molar-refractivity contribution >= 4 is 23.2 Å². The number of amides is 1. The molecule has 1 N–H and O–H groups in total. The Balaban J connectivity index is 1.47. The fourth-order valence-corrected chi connectivity index (χ4v) is 2.88. The molecule has 1 fully saturated rings. The number of Topliss-reactive ketones (excluding diaryl/α,β-unsaturated/α-hetero) is 1. The lowest BCUT2D eigenvalue weighted by Crippen LogP contribution is -2.59. The van der Waals surface area contributed by atoms with E-state index in [2.05, 4.69) is 20.2 Å². The summed E-state index contributed by atoms with van der Waals surface area (Å²) in [5.41, 5.74) is 2.27. The van der Waals surface area contributed by atoms with E-state index in [4.69, 9.17) is 0 Å². The third kappa shape index (κ3) is 4.23. The SMILES string of the molecule is CC(=O)c1ccc(NC(=O)CN(C)C2CN(c3cc(C)ncn3)C2)cc1. The van der Waals surface area contributed by atoms with Gasteiger partial charge in [-0.15, -0.1) is 0 Å². The van der Waals surface area contributed by atoms with Gasteiger partial charge in [-0.25, -0.2) is 9.97 Å². The number of aromatic nitrogens is 2. The van der Waals surface area contributed by atoms with Crippen molar-refractivity contribution in [1.82, 2.24) is 14.9 Å². The number of carbonyl (C=O) groups is 2. The molecule has 2 aromatic rings. The zero-order valence-electron chi connectivity index (χ0n) is 15.3. The Kier molecular flexibility index (Phi) is 5.27. The molecule has 136 valence electrons. The Bertz CT molecular complexity index is 800. The average molecular weight is 353 g/mol. The maximum absolute atomic E-state index is 12.2. The maximum atomic E-state index is 12.2. The van der Waals surface area contributed by atoms with Crippen LogP contribution in [0.2, 0.25) is 0 Å². The normalized spacial score (nSPS) is 14.2. The predicted octanol–water partition coefficient (Wildman–Crippen LogP) is 1.75. The summed E-state index contributed by atoms with van der Waals surface area (Å²) in [5.74, 6) is 0.868. The van der Waals surface area contributed by atoms with Gasteiger partial charge in [0.15, 0.2) is 5.78 Å². The monoisotopic (exact) mass is 353 g/mol. The van der Waals surface area contributed by atoms with Crippen LogP contribution in [-0.2, 0) is 4.79 Å². The number of nitrogens with zero attached hydrogens (tertiary/aromatic N) is 4. The van der Waals surface area contributed by atoms with Gasteiger partial charge in [-0.3, -0.25) is 14.5 Å². The van der Waals surface area contributed by atoms with Crippen molar-refractivity contribution in [1.29, 1.82) is 0 Å². The molecule has 2 heterocycles. The number of anilines is 2. The molecule has 0 atom stereocenters. The van der Waals surface area contributed by atoms with Crippen LogP contribution in [0.1, 0.15) is 23.0 Å². The Morgan fingerprint density at radius 3 is 2.54 bits per heavy atom.